The zero-order valence-electron chi connectivity index (χ0n) is 15.9. The number of rotatable bonds is 5. The first-order chi connectivity index (χ1) is 13.9. The van der Waals surface area contributed by atoms with E-state index in [2.05, 4.69) is 68.9 Å². The third kappa shape index (κ3) is 5.17. The molecule has 29 heavy (non-hydrogen) atoms. The van der Waals surface area contributed by atoms with Gasteiger partial charge in [-0.2, -0.15) is 5.26 Å². The Kier molecular flexibility index (Phi) is 6.93. The van der Waals surface area contributed by atoms with E-state index in [1.807, 2.05) is 30.3 Å². The number of likely N-dealkylation sites (N-methyl/N-ethyl adjacent to an activating group) is 1. The van der Waals surface area contributed by atoms with Crippen LogP contribution >= 0.6 is 38.5 Å². The summed E-state index contributed by atoms with van der Waals surface area (Å²) in [5.41, 5.74) is 1.92. The molecule has 0 saturated heterocycles. The first kappa shape index (κ1) is 21.3. The average molecular weight is 561 g/mol. The van der Waals surface area contributed by atoms with Crippen molar-refractivity contribution < 1.29 is 9.53 Å². The van der Waals surface area contributed by atoms with Crippen molar-refractivity contribution in [1.82, 2.24) is 4.90 Å². The molecule has 0 bridgehead atoms. The van der Waals surface area contributed by atoms with Gasteiger partial charge in [-0.25, -0.2) is 0 Å². The van der Waals surface area contributed by atoms with Crippen LogP contribution in [0.5, 0.6) is 5.75 Å². The molecule has 4 nitrogen and oxygen atoms in total. The lowest BCUT2D eigenvalue weighted by Crippen LogP contribution is -2.22. The van der Waals surface area contributed by atoms with Gasteiger partial charge in [0.2, 0.25) is 0 Å². The predicted molar refractivity (Wildman–Crippen MR) is 127 cm³/mol. The maximum Gasteiger partial charge on any atom is 0.264 e. The maximum atomic E-state index is 12.1. The van der Waals surface area contributed by atoms with Crippen LogP contribution in [0.1, 0.15) is 11.1 Å². The molecule has 6 heteroatoms. The zero-order chi connectivity index (χ0) is 21.0. The summed E-state index contributed by atoms with van der Waals surface area (Å²) in [6, 6.07) is 20.2. The summed E-state index contributed by atoms with van der Waals surface area (Å²) < 4.78 is 7.72. The van der Waals surface area contributed by atoms with E-state index in [1.165, 1.54) is 15.7 Å². The molecular weight excluding hydrogens is 543 g/mol. The van der Waals surface area contributed by atoms with Crippen molar-refractivity contribution in [3.05, 3.63) is 79.3 Å². The number of carbonyl (C=O) groups is 1. The number of hydrogen-bond acceptors (Lipinski definition) is 3. The molecule has 0 heterocycles. The van der Waals surface area contributed by atoms with Crippen LogP contribution in [0.15, 0.2) is 64.6 Å². The molecule has 0 saturated carbocycles. The van der Waals surface area contributed by atoms with Crippen LogP contribution in [0.4, 0.5) is 0 Å². The Labute approximate surface area is 192 Å². The number of benzene rings is 3. The van der Waals surface area contributed by atoms with Gasteiger partial charge in [-0.15, -0.1) is 0 Å². The van der Waals surface area contributed by atoms with E-state index in [4.69, 9.17) is 4.74 Å². The molecule has 0 spiro atoms. The summed E-state index contributed by atoms with van der Waals surface area (Å²) in [5.74, 6) is 0.406. The molecule has 0 N–H and O–H groups in total. The quantitative estimate of drug-likeness (QED) is 0.226. The lowest BCUT2D eigenvalue weighted by Gasteiger charge is -2.13. The summed E-state index contributed by atoms with van der Waals surface area (Å²) >= 11 is 5.75. The van der Waals surface area contributed by atoms with E-state index in [0.717, 1.165) is 24.9 Å². The Morgan fingerprint density at radius 3 is 2.55 bits per heavy atom. The van der Waals surface area contributed by atoms with Gasteiger partial charge < -0.3 is 9.64 Å². The Balaban J connectivity index is 1.82. The van der Waals surface area contributed by atoms with Gasteiger partial charge in [0.15, 0.2) is 0 Å². The monoisotopic (exact) mass is 560 g/mol. The topological polar surface area (TPSA) is 53.3 Å². The minimum Gasteiger partial charge on any atom is -0.487 e. The summed E-state index contributed by atoms with van der Waals surface area (Å²) in [7, 11) is 3.24. The van der Waals surface area contributed by atoms with Crippen molar-refractivity contribution in [3.8, 4) is 11.8 Å². The van der Waals surface area contributed by atoms with E-state index in [-0.39, 0.29) is 11.5 Å². The molecule has 0 radical (unpaired) electrons. The highest BCUT2D eigenvalue weighted by Gasteiger charge is 2.13. The highest BCUT2D eigenvalue weighted by atomic mass is 127. The van der Waals surface area contributed by atoms with Gasteiger partial charge >= 0.3 is 0 Å². The maximum absolute atomic E-state index is 12.1. The number of nitrogens with zero attached hydrogens (tertiary/aromatic N) is 2. The second kappa shape index (κ2) is 9.42. The van der Waals surface area contributed by atoms with Crippen LogP contribution < -0.4 is 4.74 Å². The number of halogens is 2. The van der Waals surface area contributed by atoms with Crippen molar-refractivity contribution in [2.45, 2.75) is 6.61 Å². The molecule has 0 aromatic heterocycles. The number of carbonyl (C=O) groups excluding carboxylic acids is 1. The molecular formula is C23H18BrIN2O2. The van der Waals surface area contributed by atoms with Crippen molar-refractivity contribution in [3.63, 3.8) is 0 Å². The molecule has 0 unspecified atom stereocenters. The second-order valence-electron chi connectivity index (χ2n) is 6.65. The molecule has 3 rings (SSSR count). The van der Waals surface area contributed by atoms with Crippen molar-refractivity contribution in [1.29, 1.82) is 5.26 Å². The van der Waals surface area contributed by atoms with Gasteiger partial charge in [0, 0.05) is 14.1 Å². The molecule has 146 valence electrons. The van der Waals surface area contributed by atoms with Crippen molar-refractivity contribution in [2.24, 2.45) is 0 Å². The Bertz CT molecular complexity index is 1130. The molecule has 3 aromatic carbocycles. The fourth-order valence-corrected chi connectivity index (χ4v) is 4.60. The van der Waals surface area contributed by atoms with Gasteiger partial charge in [0.1, 0.15) is 24.0 Å². The number of amides is 1. The third-order valence-corrected chi connectivity index (χ3v) is 5.68. The second-order valence-corrected chi connectivity index (χ2v) is 8.67. The minimum absolute atomic E-state index is 0.0857. The third-order valence-electron chi connectivity index (χ3n) is 4.29. The highest BCUT2D eigenvalue weighted by Crippen LogP contribution is 2.33. The highest BCUT2D eigenvalue weighted by molar-refractivity contribution is 14.1. The van der Waals surface area contributed by atoms with Crippen molar-refractivity contribution in [2.75, 3.05) is 14.1 Å². The van der Waals surface area contributed by atoms with Gasteiger partial charge in [-0.05, 0) is 84.7 Å². The summed E-state index contributed by atoms with van der Waals surface area (Å²) in [5, 5.41) is 11.7. The standard InChI is InChI=1S/C23H18BrIN2O2/c1-27(2)23(28)19(13-26)10-16-11-20(24)22(21(25)12-16)29-14-15-7-8-17-5-3-4-6-18(17)9-15/h3-12H,14H2,1-2H3/b19-10-. The van der Waals surface area contributed by atoms with Crippen LogP contribution in [-0.4, -0.2) is 24.9 Å². The Hall–Kier alpha value is -2.37. The molecule has 0 atom stereocenters. The van der Waals surface area contributed by atoms with Crippen LogP contribution in [0.25, 0.3) is 16.8 Å². The van der Waals surface area contributed by atoms with E-state index >= 15 is 0 Å². The van der Waals surface area contributed by atoms with E-state index in [0.29, 0.717) is 6.61 Å². The number of fused-ring (bicyclic) bond motifs is 1. The van der Waals surface area contributed by atoms with E-state index < -0.39 is 0 Å². The molecule has 1 amide bonds. The normalized spacial score (nSPS) is 11.2. The fraction of sp³-hybridized carbons (Fsp3) is 0.130. The largest absolute Gasteiger partial charge is 0.487 e. The molecule has 0 fully saturated rings. The van der Waals surface area contributed by atoms with E-state index in [1.54, 1.807) is 20.2 Å². The fourth-order valence-electron chi connectivity index (χ4n) is 2.83. The summed E-state index contributed by atoms with van der Waals surface area (Å²) in [4.78, 5) is 13.4. The smallest absolute Gasteiger partial charge is 0.264 e. The Morgan fingerprint density at radius 2 is 1.90 bits per heavy atom. The molecule has 3 aromatic rings. The lowest BCUT2D eigenvalue weighted by molar-refractivity contribution is -0.124. The van der Waals surface area contributed by atoms with Crippen LogP contribution in [0.3, 0.4) is 0 Å². The molecule has 0 aliphatic heterocycles. The van der Waals surface area contributed by atoms with Crippen molar-refractivity contribution >= 4 is 61.3 Å². The van der Waals surface area contributed by atoms with Crippen LogP contribution in [0, 0.1) is 14.9 Å². The number of nitriles is 1. The zero-order valence-corrected chi connectivity index (χ0v) is 19.7. The SMILES string of the molecule is CN(C)C(=O)/C(C#N)=C\c1cc(Br)c(OCc2ccc3ccccc3c2)c(I)c1. The Morgan fingerprint density at radius 1 is 1.17 bits per heavy atom. The van der Waals surface area contributed by atoms with Gasteiger partial charge in [0.05, 0.1) is 8.04 Å². The van der Waals surface area contributed by atoms with E-state index in [9.17, 15) is 10.1 Å². The van der Waals surface area contributed by atoms with Gasteiger partial charge in [-0.1, -0.05) is 36.4 Å². The minimum atomic E-state index is -0.324. The lowest BCUT2D eigenvalue weighted by atomic mass is 10.1. The summed E-state index contributed by atoms with van der Waals surface area (Å²) in [6.45, 7) is 0.442. The predicted octanol–water partition coefficient (Wildman–Crippen LogP) is 5.78. The average Bonchev–Trinajstić information content (AvgIpc) is 2.70. The molecule has 0 aliphatic rings. The van der Waals surface area contributed by atoms with Crippen LogP contribution in [-0.2, 0) is 11.4 Å². The van der Waals surface area contributed by atoms with Gasteiger partial charge in [0.25, 0.3) is 5.91 Å². The number of ether oxygens (including phenoxy) is 1. The first-order valence-electron chi connectivity index (χ1n) is 8.82. The first-order valence-corrected chi connectivity index (χ1v) is 10.7. The van der Waals surface area contributed by atoms with Crippen LogP contribution in [0.2, 0.25) is 0 Å². The molecule has 0 aliphatic carbocycles. The summed E-state index contributed by atoms with van der Waals surface area (Å²) in [6.07, 6.45) is 1.59. The van der Waals surface area contributed by atoms with Gasteiger partial charge in [-0.3, -0.25) is 4.79 Å². The number of hydrogen-bond donors (Lipinski definition) is 0.